The van der Waals surface area contributed by atoms with Crippen LogP contribution in [0.1, 0.15) is 33.6 Å². The highest BCUT2D eigenvalue weighted by Crippen LogP contribution is 2.17. The second kappa shape index (κ2) is 6.18. The fraction of sp³-hybridized carbons (Fsp3) is 0.583. The second-order valence-electron chi connectivity index (χ2n) is 4.18. The lowest BCUT2D eigenvalue weighted by atomic mass is 10.00. The molecule has 0 amide bonds. The third kappa shape index (κ3) is 3.58. The molecule has 0 aromatic carbocycles. The molecule has 1 atom stereocenters. The molecule has 0 aliphatic rings. The number of aromatic nitrogens is 2. The predicted octanol–water partition coefficient (Wildman–Crippen LogP) is 1.93. The van der Waals surface area contributed by atoms with Crippen LogP contribution in [-0.4, -0.2) is 33.2 Å². The average molecular weight is 253 g/mol. The molecule has 6 nitrogen and oxygen atoms in total. The lowest BCUT2D eigenvalue weighted by Crippen LogP contribution is -2.43. The summed E-state index contributed by atoms with van der Waals surface area (Å²) < 4.78 is 5.37. The molecule has 1 unspecified atom stereocenters. The summed E-state index contributed by atoms with van der Waals surface area (Å²) in [5, 5.41) is 12.0. The Bertz CT molecular complexity index is 411. The van der Waals surface area contributed by atoms with E-state index in [0.717, 1.165) is 6.42 Å². The van der Waals surface area contributed by atoms with Gasteiger partial charge in [-0.2, -0.15) is 4.98 Å². The van der Waals surface area contributed by atoms with Crippen LogP contribution >= 0.6 is 0 Å². The summed E-state index contributed by atoms with van der Waals surface area (Å²) >= 11 is 0. The summed E-state index contributed by atoms with van der Waals surface area (Å²) in [5.41, 5.74) is -1.08. The van der Waals surface area contributed by atoms with E-state index >= 15 is 0 Å². The minimum Gasteiger partial charge on any atom is -0.480 e. The number of carbonyl (C=O) groups is 1. The summed E-state index contributed by atoms with van der Waals surface area (Å²) in [6, 6.07) is 1.64. The highest BCUT2D eigenvalue weighted by molar-refractivity contribution is 5.81. The van der Waals surface area contributed by atoms with E-state index in [1.165, 1.54) is 6.20 Å². The van der Waals surface area contributed by atoms with Crippen molar-refractivity contribution in [3.63, 3.8) is 0 Å². The summed E-state index contributed by atoms with van der Waals surface area (Å²) in [7, 11) is 0. The molecule has 1 aromatic heterocycles. The zero-order valence-electron chi connectivity index (χ0n) is 10.9. The third-order valence-electron chi connectivity index (χ3n) is 2.65. The van der Waals surface area contributed by atoms with Crippen molar-refractivity contribution in [3.8, 4) is 5.88 Å². The molecule has 1 heterocycles. The van der Waals surface area contributed by atoms with Gasteiger partial charge in [0, 0.05) is 12.3 Å². The fourth-order valence-electron chi connectivity index (χ4n) is 1.23. The van der Waals surface area contributed by atoms with Crippen LogP contribution in [-0.2, 0) is 4.79 Å². The van der Waals surface area contributed by atoms with Crippen LogP contribution in [0.3, 0.4) is 0 Å². The Morgan fingerprint density at radius 1 is 1.56 bits per heavy atom. The number of carboxylic acids is 1. The van der Waals surface area contributed by atoms with Gasteiger partial charge in [-0.15, -0.1) is 0 Å². The minimum atomic E-state index is -1.08. The highest BCUT2D eigenvalue weighted by Gasteiger charge is 2.31. The van der Waals surface area contributed by atoms with Crippen molar-refractivity contribution >= 4 is 11.9 Å². The van der Waals surface area contributed by atoms with Crippen molar-refractivity contribution < 1.29 is 14.6 Å². The number of nitrogens with zero attached hydrogens (tertiary/aromatic N) is 2. The standard InChI is InChI=1S/C12H19N3O3/c1-4-8-18-9-6-7-13-11(14-9)15-12(3,5-2)10(16)17/h6-7H,4-5,8H2,1-3H3,(H,16,17)(H,13,14,15). The molecule has 6 heteroatoms. The predicted molar refractivity (Wildman–Crippen MR) is 67.8 cm³/mol. The number of anilines is 1. The summed E-state index contributed by atoms with van der Waals surface area (Å²) in [6.07, 6.45) is 2.85. The molecule has 0 radical (unpaired) electrons. The Morgan fingerprint density at radius 3 is 2.83 bits per heavy atom. The molecular formula is C12H19N3O3. The van der Waals surface area contributed by atoms with Crippen LogP contribution in [0.15, 0.2) is 12.3 Å². The van der Waals surface area contributed by atoms with Gasteiger partial charge in [0.2, 0.25) is 11.8 Å². The molecule has 2 N–H and O–H groups in total. The molecule has 100 valence electrons. The maximum Gasteiger partial charge on any atom is 0.329 e. The molecule has 0 saturated heterocycles. The van der Waals surface area contributed by atoms with Gasteiger partial charge in [-0.3, -0.25) is 0 Å². The van der Waals surface area contributed by atoms with Crippen LogP contribution in [0, 0.1) is 0 Å². The van der Waals surface area contributed by atoms with Gasteiger partial charge in [-0.05, 0) is 19.8 Å². The van der Waals surface area contributed by atoms with Crippen molar-refractivity contribution in [1.82, 2.24) is 9.97 Å². The van der Waals surface area contributed by atoms with Gasteiger partial charge in [0.1, 0.15) is 5.54 Å². The third-order valence-corrected chi connectivity index (χ3v) is 2.65. The van der Waals surface area contributed by atoms with E-state index in [2.05, 4.69) is 15.3 Å². The first-order valence-electron chi connectivity index (χ1n) is 5.99. The lowest BCUT2D eigenvalue weighted by molar-refractivity contribution is -0.141. The number of nitrogens with one attached hydrogen (secondary N) is 1. The van der Waals surface area contributed by atoms with E-state index in [9.17, 15) is 4.79 Å². The van der Waals surface area contributed by atoms with Crippen molar-refractivity contribution in [3.05, 3.63) is 12.3 Å². The van der Waals surface area contributed by atoms with E-state index < -0.39 is 11.5 Å². The van der Waals surface area contributed by atoms with Crippen molar-refractivity contribution in [2.24, 2.45) is 0 Å². The van der Waals surface area contributed by atoms with Crippen molar-refractivity contribution in [2.45, 2.75) is 39.2 Å². The monoisotopic (exact) mass is 253 g/mol. The largest absolute Gasteiger partial charge is 0.480 e. The highest BCUT2D eigenvalue weighted by atomic mass is 16.5. The van der Waals surface area contributed by atoms with Gasteiger partial charge in [0.15, 0.2) is 0 Å². The number of carboxylic acid groups (broad SMARTS) is 1. The first-order chi connectivity index (χ1) is 8.51. The van der Waals surface area contributed by atoms with E-state index in [-0.39, 0.29) is 5.95 Å². The molecule has 0 aliphatic heterocycles. The molecule has 0 aliphatic carbocycles. The Hall–Kier alpha value is -1.85. The second-order valence-corrected chi connectivity index (χ2v) is 4.18. The first kappa shape index (κ1) is 14.2. The topological polar surface area (TPSA) is 84.3 Å². The van der Waals surface area contributed by atoms with Gasteiger partial charge in [0.25, 0.3) is 0 Å². The van der Waals surface area contributed by atoms with E-state index in [1.807, 2.05) is 6.92 Å². The molecule has 0 saturated carbocycles. The summed E-state index contributed by atoms with van der Waals surface area (Å²) in [4.78, 5) is 19.3. The number of ether oxygens (including phenoxy) is 1. The van der Waals surface area contributed by atoms with Gasteiger partial charge in [-0.25, -0.2) is 9.78 Å². The van der Waals surface area contributed by atoms with Gasteiger partial charge >= 0.3 is 5.97 Å². The van der Waals surface area contributed by atoms with Gasteiger partial charge < -0.3 is 15.2 Å². The normalized spacial score (nSPS) is 13.7. The molecule has 0 spiro atoms. The Morgan fingerprint density at radius 2 is 2.28 bits per heavy atom. The molecule has 1 rings (SSSR count). The Balaban J connectivity index is 2.80. The van der Waals surface area contributed by atoms with Crippen LogP contribution in [0.4, 0.5) is 5.95 Å². The Kier molecular flexibility index (Phi) is 4.88. The zero-order chi connectivity index (χ0) is 13.6. The SMILES string of the molecule is CCCOc1ccnc(NC(C)(CC)C(=O)O)n1. The maximum absolute atomic E-state index is 11.2. The maximum atomic E-state index is 11.2. The first-order valence-corrected chi connectivity index (χ1v) is 5.99. The molecule has 0 fully saturated rings. The Labute approximate surface area is 106 Å². The van der Waals surface area contributed by atoms with E-state index in [0.29, 0.717) is 18.9 Å². The minimum absolute atomic E-state index is 0.260. The lowest BCUT2D eigenvalue weighted by Gasteiger charge is -2.24. The number of hydrogen-bond acceptors (Lipinski definition) is 5. The average Bonchev–Trinajstić information content (AvgIpc) is 2.36. The number of rotatable bonds is 7. The van der Waals surface area contributed by atoms with E-state index in [4.69, 9.17) is 9.84 Å². The van der Waals surface area contributed by atoms with Crippen LogP contribution in [0.5, 0.6) is 5.88 Å². The number of hydrogen-bond donors (Lipinski definition) is 2. The van der Waals surface area contributed by atoms with Crippen molar-refractivity contribution in [1.29, 1.82) is 0 Å². The van der Waals surface area contributed by atoms with Gasteiger partial charge in [0.05, 0.1) is 6.61 Å². The van der Waals surface area contributed by atoms with Crippen molar-refractivity contribution in [2.75, 3.05) is 11.9 Å². The fourth-order valence-corrected chi connectivity index (χ4v) is 1.23. The van der Waals surface area contributed by atoms with Crippen LogP contribution < -0.4 is 10.1 Å². The molecule has 1 aromatic rings. The van der Waals surface area contributed by atoms with E-state index in [1.54, 1.807) is 19.9 Å². The number of aliphatic carboxylic acids is 1. The summed E-state index contributed by atoms with van der Waals surface area (Å²) in [5.74, 6) is -0.234. The van der Waals surface area contributed by atoms with Gasteiger partial charge in [-0.1, -0.05) is 13.8 Å². The molecular weight excluding hydrogens is 234 g/mol. The zero-order valence-corrected chi connectivity index (χ0v) is 10.9. The molecule has 0 bridgehead atoms. The molecule has 18 heavy (non-hydrogen) atoms. The van der Waals surface area contributed by atoms with Crippen LogP contribution in [0.25, 0.3) is 0 Å². The smallest absolute Gasteiger partial charge is 0.329 e. The quantitative estimate of drug-likeness (QED) is 0.772. The van der Waals surface area contributed by atoms with Crippen LogP contribution in [0.2, 0.25) is 0 Å². The summed E-state index contributed by atoms with van der Waals surface area (Å²) in [6.45, 7) is 5.95.